The predicted molar refractivity (Wildman–Crippen MR) is 79.1 cm³/mol. The Morgan fingerprint density at radius 2 is 2.25 bits per heavy atom. The summed E-state index contributed by atoms with van der Waals surface area (Å²) in [5.74, 6) is 0.786. The van der Waals surface area contributed by atoms with Crippen LogP contribution in [0.4, 0.5) is 5.69 Å². The number of hydrogen-bond acceptors (Lipinski definition) is 3. The summed E-state index contributed by atoms with van der Waals surface area (Å²) in [5, 5.41) is 6.46. The third-order valence-corrected chi connectivity index (χ3v) is 3.94. The third-order valence-electron chi connectivity index (χ3n) is 3.94. The van der Waals surface area contributed by atoms with E-state index < -0.39 is 5.60 Å². The first-order valence-electron chi connectivity index (χ1n) is 7.37. The van der Waals surface area contributed by atoms with E-state index in [9.17, 15) is 4.79 Å². The molecule has 2 heterocycles. The molecule has 0 aliphatic carbocycles. The number of carbonyl (C=O) groups excluding carboxylic acids is 1. The van der Waals surface area contributed by atoms with Crippen LogP contribution in [0.5, 0.6) is 5.75 Å². The Balaban J connectivity index is 1.82. The van der Waals surface area contributed by atoms with Gasteiger partial charge in [0.2, 0.25) is 5.91 Å². The zero-order valence-electron chi connectivity index (χ0n) is 12.2. The lowest BCUT2D eigenvalue weighted by atomic mass is 10.0. The van der Waals surface area contributed by atoms with Gasteiger partial charge in [-0.15, -0.1) is 0 Å². The summed E-state index contributed by atoms with van der Waals surface area (Å²) < 4.78 is 5.94. The van der Waals surface area contributed by atoms with E-state index in [-0.39, 0.29) is 5.91 Å². The number of rotatable bonds is 2. The fourth-order valence-electron chi connectivity index (χ4n) is 3.02. The third kappa shape index (κ3) is 2.96. The van der Waals surface area contributed by atoms with Gasteiger partial charge in [-0.3, -0.25) is 4.79 Å². The van der Waals surface area contributed by atoms with Gasteiger partial charge in [-0.1, -0.05) is 6.07 Å². The molecule has 1 atom stereocenters. The maximum atomic E-state index is 11.9. The molecule has 1 saturated heterocycles. The Kier molecular flexibility index (Phi) is 3.42. The summed E-state index contributed by atoms with van der Waals surface area (Å²) >= 11 is 0. The zero-order valence-corrected chi connectivity index (χ0v) is 12.2. The number of hydrogen-bond donors (Lipinski definition) is 2. The van der Waals surface area contributed by atoms with Crippen LogP contribution in [0, 0.1) is 0 Å². The van der Waals surface area contributed by atoms with Crippen LogP contribution in [0.3, 0.4) is 0 Å². The molecular formula is C16H22N2O2. The highest BCUT2D eigenvalue weighted by Crippen LogP contribution is 2.34. The molecule has 1 aromatic carbocycles. The summed E-state index contributed by atoms with van der Waals surface area (Å²) in [5.41, 5.74) is 1.59. The molecule has 0 aromatic heterocycles. The van der Waals surface area contributed by atoms with Gasteiger partial charge in [0.15, 0.2) is 0 Å². The number of ether oxygens (including phenoxy) is 1. The molecule has 0 saturated carbocycles. The molecule has 0 spiro atoms. The van der Waals surface area contributed by atoms with Crippen molar-refractivity contribution in [3.05, 3.63) is 23.8 Å². The van der Waals surface area contributed by atoms with Crippen molar-refractivity contribution in [2.45, 2.75) is 51.2 Å². The minimum atomic E-state index is -0.455. The second-order valence-electron chi connectivity index (χ2n) is 6.41. The molecule has 0 radical (unpaired) electrons. The van der Waals surface area contributed by atoms with Gasteiger partial charge in [0.1, 0.15) is 11.4 Å². The molecule has 20 heavy (non-hydrogen) atoms. The maximum absolute atomic E-state index is 11.9. The SMILES string of the molecule is CC1(C)CC(=O)Nc2cc(CC3CCCN3)ccc2O1. The Bertz CT molecular complexity index is 519. The van der Waals surface area contributed by atoms with E-state index in [0.717, 1.165) is 24.4 Å². The number of benzene rings is 1. The van der Waals surface area contributed by atoms with Crippen molar-refractivity contribution in [2.24, 2.45) is 0 Å². The van der Waals surface area contributed by atoms with Gasteiger partial charge in [0.05, 0.1) is 12.1 Å². The Hall–Kier alpha value is -1.55. The van der Waals surface area contributed by atoms with Crippen LogP contribution in [0.2, 0.25) is 0 Å². The second kappa shape index (κ2) is 5.09. The van der Waals surface area contributed by atoms with Crippen molar-refractivity contribution in [3.8, 4) is 5.75 Å². The van der Waals surface area contributed by atoms with E-state index >= 15 is 0 Å². The Morgan fingerprint density at radius 1 is 1.40 bits per heavy atom. The van der Waals surface area contributed by atoms with Gasteiger partial charge in [0, 0.05) is 6.04 Å². The summed E-state index contributed by atoms with van der Waals surface area (Å²) in [7, 11) is 0. The van der Waals surface area contributed by atoms with Gasteiger partial charge in [-0.05, 0) is 57.4 Å². The highest BCUT2D eigenvalue weighted by Gasteiger charge is 2.29. The van der Waals surface area contributed by atoms with Crippen LogP contribution >= 0.6 is 0 Å². The van der Waals surface area contributed by atoms with Gasteiger partial charge < -0.3 is 15.4 Å². The number of fused-ring (bicyclic) bond motifs is 1. The average Bonchev–Trinajstić information content (AvgIpc) is 2.80. The minimum absolute atomic E-state index is 0.0184. The topological polar surface area (TPSA) is 50.4 Å². The van der Waals surface area contributed by atoms with Gasteiger partial charge in [-0.25, -0.2) is 0 Å². The summed E-state index contributed by atoms with van der Waals surface area (Å²) in [6.45, 7) is 5.00. The molecule has 108 valence electrons. The Labute approximate surface area is 119 Å². The van der Waals surface area contributed by atoms with E-state index in [4.69, 9.17) is 4.74 Å². The second-order valence-corrected chi connectivity index (χ2v) is 6.41. The van der Waals surface area contributed by atoms with Crippen LogP contribution in [-0.4, -0.2) is 24.1 Å². The fourth-order valence-corrected chi connectivity index (χ4v) is 3.02. The van der Waals surface area contributed by atoms with Crippen LogP contribution in [0.15, 0.2) is 18.2 Å². The molecule has 1 aromatic rings. The van der Waals surface area contributed by atoms with Crippen molar-refractivity contribution in [1.29, 1.82) is 0 Å². The largest absolute Gasteiger partial charge is 0.485 e. The molecule has 2 aliphatic rings. The van der Waals surface area contributed by atoms with Crippen LogP contribution in [0.1, 0.15) is 38.7 Å². The number of anilines is 1. The molecular weight excluding hydrogens is 252 g/mol. The number of amides is 1. The summed E-state index contributed by atoms with van der Waals surface area (Å²) in [4.78, 5) is 11.9. The Morgan fingerprint density at radius 3 is 3.00 bits per heavy atom. The van der Waals surface area contributed by atoms with Crippen LogP contribution in [0.25, 0.3) is 0 Å². The number of carbonyl (C=O) groups is 1. The molecule has 1 amide bonds. The van der Waals surface area contributed by atoms with E-state index in [2.05, 4.69) is 22.8 Å². The molecule has 1 fully saturated rings. The quantitative estimate of drug-likeness (QED) is 0.871. The molecule has 2 N–H and O–H groups in total. The molecule has 3 rings (SSSR count). The van der Waals surface area contributed by atoms with Crippen molar-refractivity contribution < 1.29 is 9.53 Å². The molecule has 4 heteroatoms. The first-order chi connectivity index (χ1) is 9.52. The summed E-state index contributed by atoms with van der Waals surface area (Å²) in [6, 6.07) is 6.69. The minimum Gasteiger partial charge on any atom is -0.485 e. The highest BCUT2D eigenvalue weighted by molar-refractivity contribution is 5.93. The van der Waals surface area contributed by atoms with E-state index in [1.165, 1.54) is 18.4 Å². The monoisotopic (exact) mass is 274 g/mol. The first kappa shape index (κ1) is 13.4. The van der Waals surface area contributed by atoms with Crippen LogP contribution < -0.4 is 15.4 Å². The van der Waals surface area contributed by atoms with E-state index in [1.807, 2.05) is 19.9 Å². The molecule has 2 aliphatic heterocycles. The fraction of sp³-hybridized carbons (Fsp3) is 0.562. The van der Waals surface area contributed by atoms with Crippen LogP contribution in [-0.2, 0) is 11.2 Å². The molecule has 1 unspecified atom stereocenters. The lowest BCUT2D eigenvalue weighted by Crippen LogP contribution is -2.30. The lowest BCUT2D eigenvalue weighted by molar-refractivity contribution is -0.118. The van der Waals surface area contributed by atoms with Crippen molar-refractivity contribution in [3.63, 3.8) is 0 Å². The molecule has 0 bridgehead atoms. The highest BCUT2D eigenvalue weighted by atomic mass is 16.5. The standard InChI is InChI=1S/C16H22N2O2/c1-16(2)10-15(19)18-13-9-11(5-6-14(13)20-16)8-12-4-3-7-17-12/h5-6,9,12,17H,3-4,7-8,10H2,1-2H3,(H,18,19). The van der Waals surface area contributed by atoms with Gasteiger partial charge >= 0.3 is 0 Å². The van der Waals surface area contributed by atoms with E-state index in [1.54, 1.807) is 0 Å². The number of nitrogens with one attached hydrogen (secondary N) is 2. The smallest absolute Gasteiger partial charge is 0.228 e. The van der Waals surface area contributed by atoms with Crippen molar-refractivity contribution in [1.82, 2.24) is 5.32 Å². The van der Waals surface area contributed by atoms with E-state index in [0.29, 0.717) is 12.5 Å². The normalized spacial score (nSPS) is 24.5. The maximum Gasteiger partial charge on any atom is 0.228 e. The molecule has 4 nitrogen and oxygen atoms in total. The summed E-state index contributed by atoms with van der Waals surface area (Å²) in [6.07, 6.45) is 3.87. The zero-order chi connectivity index (χ0) is 14.2. The van der Waals surface area contributed by atoms with Crippen molar-refractivity contribution in [2.75, 3.05) is 11.9 Å². The van der Waals surface area contributed by atoms with Crippen molar-refractivity contribution >= 4 is 11.6 Å². The van der Waals surface area contributed by atoms with Gasteiger partial charge in [0.25, 0.3) is 0 Å². The average molecular weight is 274 g/mol. The van der Waals surface area contributed by atoms with Gasteiger partial charge in [-0.2, -0.15) is 0 Å². The first-order valence-corrected chi connectivity index (χ1v) is 7.37. The predicted octanol–water partition coefficient (Wildman–Crippen LogP) is 2.48. The lowest BCUT2D eigenvalue weighted by Gasteiger charge is -2.23.